The normalized spacial score (nSPS) is 14.6. The standard InChI is InChI=1S/C18H22N2O/c1-11(2)18-17-15(9-6-10-16(17)21)20(19-18)14-8-5-7-12(3)13(14)4/h5,7-8,11H,6,9-10H2,1-4H3. The molecule has 1 heterocycles. The van der Waals surface area contributed by atoms with Crippen LogP contribution in [0, 0.1) is 13.8 Å². The highest BCUT2D eigenvalue weighted by atomic mass is 16.1. The molecule has 0 spiro atoms. The average Bonchev–Trinajstić information content (AvgIpc) is 2.83. The third kappa shape index (κ3) is 2.21. The van der Waals surface area contributed by atoms with Gasteiger partial charge in [-0.25, -0.2) is 4.68 Å². The summed E-state index contributed by atoms with van der Waals surface area (Å²) in [6, 6.07) is 6.27. The first kappa shape index (κ1) is 14.1. The van der Waals surface area contributed by atoms with E-state index >= 15 is 0 Å². The van der Waals surface area contributed by atoms with Crippen molar-refractivity contribution in [2.75, 3.05) is 0 Å². The zero-order valence-corrected chi connectivity index (χ0v) is 13.2. The first-order chi connectivity index (χ1) is 10.0. The molecule has 1 aromatic heterocycles. The minimum Gasteiger partial charge on any atom is -0.294 e. The van der Waals surface area contributed by atoms with Gasteiger partial charge in [0.25, 0.3) is 0 Å². The van der Waals surface area contributed by atoms with E-state index in [4.69, 9.17) is 5.10 Å². The van der Waals surface area contributed by atoms with Gasteiger partial charge in [0, 0.05) is 6.42 Å². The second-order valence-corrected chi connectivity index (χ2v) is 6.27. The van der Waals surface area contributed by atoms with E-state index in [1.54, 1.807) is 0 Å². The predicted molar refractivity (Wildman–Crippen MR) is 84.4 cm³/mol. The zero-order chi connectivity index (χ0) is 15.1. The highest BCUT2D eigenvalue weighted by Crippen LogP contribution is 2.31. The van der Waals surface area contributed by atoms with Crippen LogP contribution < -0.4 is 0 Å². The Morgan fingerprint density at radius 3 is 2.67 bits per heavy atom. The van der Waals surface area contributed by atoms with Crippen molar-refractivity contribution < 1.29 is 4.79 Å². The van der Waals surface area contributed by atoms with Crippen LogP contribution in [0.1, 0.15) is 65.5 Å². The first-order valence-corrected chi connectivity index (χ1v) is 7.72. The molecule has 0 N–H and O–H groups in total. The van der Waals surface area contributed by atoms with Gasteiger partial charge >= 0.3 is 0 Å². The molecule has 110 valence electrons. The lowest BCUT2D eigenvalue weighted by Crippen LogP contribution is -2.14. The molecule has 21 heavy (non-hydrogen) atoms. The Labute approximate surface area is 126 Å². The fraction of sp³-hybridized carbons (Fsp3) is 0.444. The molecular formula is C18H22N2O. The lowest BCUT2D eigenvalue weighted by Gasteiger charge is -2.15. The van der Waals surface area contributed by atoms with Crippen molar-refractivity contribution in [3.63, 3.8) is 0 Å². The van der Waals surface area contributed by atoms with Crippen LogP contribution in [-0.4, -0.2) is 15.6 Å². The summed E-state index contributed by atoms with van der Waals surface area (Å²) in [5.74, 6) is 0.531. The molecule has 0 saturated carbocycles. The topological polar surface area (TPSA) is 34.9 Å². The molecule has 3 heteroatoms. The fourth-order valence-electron chi connectivity index (χ4n) is 3.12. The van der Waals surface area contributed by atoms with Crippen molar-refractivity contribution in [1.82, 2.24) is 9.78 Å². The first-order valence-electron chi connectivity index (χ1n) is 7.72. The lowest BCUT2D eigenvalue weighted by molar-refractivity contribution is 0.0971. The van der Waals surface area contributed by atoms with Gasteiger partial charge in [-0.3, -0.25) is 4.79 Å². The van der Waals surface area contributed by atoms with E-state index in [0.717, 1.165) is 35.5 Å². The van der Waals surface area contributed by atoms with Crippen molar-refractivity contribution in [3.05, 3.63) is 46.3 Å². The Morgan fingerprint density at radius 1 is 1.19 bits per heavy atom. The van der Waals surface area contributed by atoms with Crippen LogP contribution in [0.2, 0.25) is 0 Å². The summed E-state index contributed by atoms with van der Waals surface area (Å²) in [6.07, 6.45) is 2.53. The average molecular weight is 282 g/mol. The summed E-state index contributed by atoms with van der Waals surface area (Å²) in [5, 5.41) is 4.81. The van der Waals surface area contributed by atoms with E-state index in [-0.39, 0.29) is 11.7 Å². The van der Waals surface area contributed by atoms with E-state index in [2.05, 4.69) is 45.9 Å². The van der Waals surface area contributed by atoms with Gasteiger partial charge in [0.1, 0.15) is 0 Å². The van der Waals surface area contributed by atoms with Crippen LogP contribution in [-0.2, 0) is 6.42 Å². The molecule has 0 aliphatic heterocycles. The second kappa shape index (κ2) is 5.14. The number of aryl methyl sites for hydroxylation is 1. The Kier molecular flexibility index (Phi) is 3.44. The van der Waals surface area contributed by atoms with Crippen LogP contribution in [0.5, 0.6) is 0 Å². The van der Waals surface area contributed by atoms with Crippen LogP contribution in [0.3, 0.4) is 0 Å². The van der Waals surface area contributed by atoms with Crippen LogP contribution in [0.25, 0.3) is 5.69 Å². The number of Topliss-reactive ketones (excluding diaryl/α,β-unsaturated/α-hetero) is 1. The molecule has 1 aromatic carbocycles. The molecule has 0 bridgehead atoms. The number of carbonyl (C=O) groups excluding carboxylic acids is 1. The number of hydrogen-bond acceptors (Lipinski definition) is 2. The summed E-state index contributed by atoms with van der Waals surface area (Å²) < 4.78 is 2.02. The van der Waals surface area contributed by atoms with Gasteiger partial charge in [0.05, 0.1) is 22.6 Å². The smallest absolute Gasteiger partial charge is 0.166 e. The summed E-state index contributed by atoms with van der Waals surface area (Å²) in [4.78, 5) is 12.4. The van der Waals surface area contributed by atoms with Crippen molar-refractivity contribution in [3.8, 4) is 5.69 Å². The Morgan fingerprint density at radius 2 is 1.95 bits per heavy atom. The Balaban J connectivity index is 2.27. The van der Waals surface area contributed by atoms with Gasteiger partial charge in [0.2, 0.25) is 0 Å². The minimum atomic E-state index is 0.261. The number of hydrogen-bond donors (Lipinski definition) is 0. The van der Waals surface area contributed by atoms with Crippen LogP contribution in [0.4, 0.5) is 0 Å². The maximum atomic E-state index is 12.4. The molecule has 0 saturated heterocycles. The van der Waals surface area contributed by atoms with E-state index < -0.39 is 0 Å². The van der Waals surface area contributed by atoms with Crippen LogP contribution in [0.15, 0.2) is 18.2 Å². The van der Waals surface area contributed by atoms with Gasteiger partial charge in [-0.05, 0) is 49.8 Å². The third-order valence-electron chi connectivity index (χ3n) is 4.46. The zero-order valence-electron chi connectivity index (χ0n) is 13.2. The molecule has 2 aromatic rings. The predicted octanol–water partition coefficient (Wildman–Crippen LogP) is 4.13. The number of carbonyl (C=O) groups is 1. The minimum absolute atomic E-state index is 0.261. The number of ketones is 1. The maximum Gasteiger partial charge on any atom is 0.166 e. The lowest BCUT2D eigenvalue weighted by atomic mass is 9.91. The van der Waals surface area contributed by atoms with E-state index in [9.17, 15) is 4.79 Å². The number of benzene rings is 1. The largest absolute Gasteiger partial charge is 0.294 e. The van der Waals surface area contributed by atoms with Crippen molar-refractivity contribution in [2.24, 2.45) is 0 Å². The van der Waals surface area contributed by atoms with E-state index in [1.165, 1.54) is 11.1 Å². The van der Waals surface area contributed by atoms with Crippen molar-refractivity contribution in [2.45, 2.75) is 52.9 Å². The maximum absolute atomic E-state index is 12.4. The van der Waals surface area contributed by atoms with Crippen molar-refractivity contribution in [1.29, 1.82) is 0 Å². The molecule has 3 rings (SSSR count). The highest BCUT2D eigenvalue weighted by Gasteiger charge is 2.28. The molecule has 1 aliphatic carbocycles. The summed E-state index contributed by atoms with van der Waals surface area (Å²) >= 11 is 0. The number of aromatic nitrogens is 2. The molecule has 3 nitrogen and oxygen atoms in total. The number of nitrogens with zero attached hydrogens (tertiary/aromatic N) is 2. The Bertz CT molecular complexity index is 710. The van der Waals surface area contributed by atoms with Gasteiger partial charge in [-0.1, -0.05) is 26.0 Å². The summed E-state index contributed by atoms with van der Waals surface area (Å²) in [7, 11) is 0. The highest BCUT2D eigenvalue weighted by molar-refractivity contribution is 5.99. The van der Waals surface area contributed by atoms with Gasteiger partial charge in [-0.15, -0.1) is 0 Å². The van der Waals surface area contributed by atoms with Gasteiger partial charge in [-0.2, -0.15) is 5.10 Å². The third-order valence-corrected chi connectivity index (χ3v) is 4.46. The second-order valence-electron chi connectivity index (χ2n) is 6.27. The number of rotatable bonds is 2. The summed E-state index contributed by atoms with van der Waals surface area (Å²) in [5.41, 5.74) is 6.53. The number of fused-ring (bicyclic) bond motifs is 1. The van der Waals surface area contributed by atoms with E-state index in [0.29, 0.717) is 6.42 Å². The fourth-order valence-corrected chi connectivity index (χ4v) is 3.12. The molecule has 0 unspecified atom stereocenters. The van der Waals surface area contributed by atoms with Crippen molar-refractivity contribution >= 4 is 5.78 Å². The van der Waals surface area contributed by atoms with Gasteiger partial charge in [0.15, 0.2) is 5.78 Å². The Hall–Kier alpha value is -1.90. The SMILES string of the molecule is Cc1cccc(-n2nc(C(C)C)c3c2CCCC3=O)c1C. The molecule has 0 atom stereocenters. The monoisotopic (exact) mass is 282 g/mol. The summed E-state index contributed by atoms with van der Waals surface area (Å²) in [6.45, 7) is 8.46. The quantitative estimate of drug-likeness (QED) is 0.830. The van der Waals surface area contributed by atoms with Gasteiger partial charge < -0.3 is 0 Å². The van der Waals surface area contributed by atoms with E-state index in [1.807, 2.05) is 4.68 Å². The molecular weight excluding hydrogens is 260 g/mol. The molecule has 0 fully saturated rings. The molecule has 0 amide bonds. The molecule has 1 aliphatic rings. The molecule has 0 radical (unpaired) electrons. The van der Waals surface area contributed by atoms with Crippen LogP contribution >= 0.6 is 0 Å².